The summed E-state index contributed by atoms with van der Waals surface area (Å²) in [7, 11) is 0. The Morgan fingerprint density at radius 2 is 2.00 bits per heavy atom. The Morgan fingerprint density at radius 3 is 2.63 bits per heavy atom. The van der Waals surface area contributed by atoms with Crippen LogP contribution in [0.5, 0.6) is 0 Å². The van der Waals surface area contributed by atoms with Crippen molar-refractivity contribution in [2.75, 3.05) is 11.9 Å². The van der Waals surface area contributed by atoms with Gasteiger partial charge in [-0.2, -0.15) is 5.26 Å². The Kier molecular flexibility index (Phi) is 8.10. The molecule has 0 unspecified atom stereocenters. The molecule has 1 aromatic carbocycles. The second-order valence-electron chi connectivity index (χ2n) is 7.23. The maximum Gasteiger partial charge on any atom is 0.349 e. The molecule has 6 nitrogen and oxygen atoms in total. The lowest BCUT2D eigenvalue weighted by Gasteiger charge is -2.12. The number of nitrogens with zero attached hydrogens (tertiary/aromatic N) is 2. The molecular weight excluding hydrogens is 425 g/mol. The molecule has 0 spiro atoms. The number of carbonyl (C=O) groups excluding carboxylic acids is 2. The van der Waals surface area contributed by atoms with Crippen LogP contribution in [0.15, 0.2) is 29.8 Å². The number of hydrogen-bond donors (Lipinski definition) is 1. The van der Waals surface area contributed by atoms with Gasteiger partial charge in [-0.3, -0.25) is 4.79 Å². The quantitative estimate of drug-likeness (QED) is 0.361. The van der Waals surface area contributed by atoms with E-state index >= 15 is 0 Å². The Morgan fingerprint density at radius 1 is 1.30 bits per heavy atom. The van der Waals surface area contributed by atoms with Gasteiger partial charge in [0.1, 0.15) is 11.6 Å². The third-order valence-electron chi connectivity index (χ3n) is 4.36. The zero-order chi connectivity index (χ0) is 22.4. The Bertz CT molecular complexity index is 1030. The molecule has 0 aliphatic rings. The first-order chi connectivity index (χ1) is 14.1. The molecule has 30 heavy (non-hydrogen) atoms. The lowest BCUT2D eigenvalue weighted by molar-refractivity contribution is -0.142. The summed E-state index contributed by atoms with van der Waals surface area (Å²) in [5.41, 5.74) is 2.87. The van der Waals surface area contributed by atoms with E-state index in [1.54, 1.807) is 18.2 Å². The predicted molar refractivity (Wildman–Crippen MR) is 118 cm³/mol. The topological polar surface area (TPSA) is 84.1 Å². The molecule has 8 heteroatoms. The smallest absolute Gasteiger partial charge is 0.349 e. The minimum atomic E-state index is -0.876. The maximum absolute atomic E-state index is 12.3. The van der Waals surface area contributed by atoms with Gasteiger partial charge in [0.05, 0.1) is 15.7 Å². The predicted octanol–water partition coefficient (Wildman–Crippen LogP) is 5.16. The Balaban J connectivity index is 2.07. The van der Waals surface area contributed by atoms with Crippen molar-refractivity contribution in [2.45, 2.75) is 34.2 Å². The van der Waals surface area contributed by atoms with E-state index in [-0.39, 0.29) is 15.6 Å². The highest BCUT2D eigenvalue weighted by molar-refractivity contribution is 6.44. The summed E-state index contributed by atoms with van der Waals surface area (Å²) in [6.07, 6.45) is 1.48. The van der Waals surface area contributed by atoms with E-state index in [1.807, 2.05) is 26.0 Å². The van der Waals surface area contributed by atoms with E-state index in [4.69, 9.17) is 27.9 Å². The van der Waals surface area contributed by atoms with Crippen LogP contribution in [-0.4, -0.2) is 23.1 Å². The highest BCUT2D eigenvalue weighted by Crippen LogP contribution is 2.29. The molecule has 0 fully saturated rings. The second-order valence-corrected chi connectivity index (χ2v) is 8.01. The molecule has 1 aromatic heterocycles. The van der Waals surface area contributed by atoms with Crippen molar-refractivity contribution in [3.63, 3.8) is 0 Å². The minimum absolute atomic E-state index is 0.187. The van der Waals surface area contributed by atoms with Crippen molar-refractivity contribution in [1.29, 1.82) is 5.26 Å². The average molecular weight is 448 g/mol. The minimum Gasteiger partial charge on any atom is -0.451 e. The molecule has 0 saturated carbocycles. The molecule has 0 atom stereocenters. The number of esters is 1. The number of benzene rings is 1. The number of rotatable bonds is 7. The van der Waals surface area contributed by atoms with Crippen molar-refractivity contribution in [3.8, 4) is 6.07 Å². The fourth-order valence-corrected chi connectivity index (χ4v) is 3.26. The number of aromatic nitrogens is 1. The Hall–Kier alpha value is -2.75. The summed E-state index contributed by atoms with van der Waals surface area (Å²) >= 11 is 11.9. The number of halogens is 2. The Labute approximate surface area is 186 Å². The number of amides is 1. The van der Waals surface area contributed by atoms with E-state index in [0.717, 1.165) is 23.5 Å². The number of aryl methyl sites for hydroxylation is 1. The van der Waals surface area contributed by atoms with Crippen molar-refractivity contribution in [2.24, 2.45) is 5.92 Å². The number of anilines is 1. The second kappa shape index (κ2) is 10.3. The van der Waals surface area contributed by atoms with Crippen molar-refractivity contribution in [1.82, 2.24) is 4.57 Å². The first kappa shape index (κ1) is 23.5. The standard InChI is InChI=1S/C22H23Cl2N3O3/c1-13(2)11-27-14(3)8-16(15(27)4)9-17(10-25)22(29)30-12-20(28)26-19-7-5-6-18(23)21(19)24/h5-9,13H,11-12H2,1-4H3,(H,26,28)/b17-9+. The van der Waals surface area contributed by atoms with Crippen LogP contribution in [0.3, 0.4) is 0 Å². The molecular formula is C22H23Cl2N3O3. The van der Waals surface area contributed by atoms with Crippen LogP contribution in [0.2, 0.25) is 10.0 Å². The summed E-state index contributed by atoms with van der Waals surface area (Å²) in [4.78, 5) is 24.3. The van der Waals surface area contributed by atoms with Gasteiger partial charge in [-0.1, -0.05) is 43.1 Å². The van der Waals surface area contributed by atoms with E-state index < -0.39 is 18.5 Å². The van der Waals surface area contributed by atoms with Gasteiger partial charge < -0.3 is 14.6 Å². The van der Waals surface area contributed by atoms with E-state index in [9.17, 15) is 14.9 Å². The van der Waals surface area contributed by atoms with Crippen LogP contribution in [0.25, 0.3) is 6.08 Å². The fourth-order valence-electron chi connectivity index (χ4n) is 2.91. The molecule has 0 bridgehead atoms. The van der Waals surface area contributed by atoms with Crippen LogP contribution < -0.4 is 5.32 Å². The number of hydrogen-bond acceptors (Lipinski definition) is 4. The highest BCUT2D eigenvalue weighted by atomic mass is 35.5. The van der Waals surface area contributed by atoms with Gasteiger partial charge >= 0.3 is 5.97 Å². The third kappa shape index (κ3) is 5.88. The van der Waals surface area contributed by atoms with Gasteiger partial charge in [0.25, 0.3) is 5.91 Å². The summed E-state index contributed by atoms with van der Waals surface area (Å²) in [5, 5.41) is 12.4. The van der Waals surface area contributed by atoms with Crippen LogP contribution in [0.4, 0.5) is 5.69 Å². The molecule has 158 valence electrons. The van der Waals surface area contributed by atoms with Crippen LogP contribution in [0, 0.1) is 31.1 Å². The molecule has 1 amide bonds. The summed E-state index contributed by atoms with van der Waals surface area (Å²) < 4.78 is 7.13. The number of ether oxygens (including phenoxy) is 1. The average Bonchev–Trinajstić information content (AvgIpc) is 2.94. The number of nitriles is 1. The SMILES string of the molecule is Cc1cc(/C=C(\C#N)C(=O)OCC(=O)Nc2cccc(Cl)c2Cl)c(C)n1CC(C)C. The van der Waals surface area contributed by atoms with Crippen LogP contribution in [-0.2, 0) is 20.9 Å². The van der Waals surface area contributed by atoms with Gasteiger partial charge in [-0.15, -0.1) is 0 Å². The van der Waals surface area contributed by atoms with Gasteiger partial charge in [0, 0.05) is 17.9 Å². The molecule has 0 aliphatic heterocycles. The number of carbonyl (C=O) groups is 2. The van der Waals surface area contributed by atoms with E-state index in [2.05, 4.69) is 23.7 Å². The first-order valence-electron chi connectivity index (χ1n) is 9.33. The lowest BCUT2D eigenvalue weighted by atomic mass is 10.1. The maximum atomic E-state index is 12.3. The highest BCUT2D eigenvalue weighted by Gasteiger charge is 2.16. The summed E-state index contributed by atoms with van der Waals surface area (Å²) in [6.45, 7) is 8.42. The monoisotopic (exact) mass is 447 g/mol. The third-order valence-corrected chi connectivity index (χ3v) is 5.18. The van der Waals surface area contributed by atoms with Crippen LogP contribution >= 0.6 is 23.2 Å². The van der Waals surface area contributed by atoms with E-state index in [0.29, 0.717) is 11.6 Å². The van der Waals surface area contributed by atoms with Crippen molar-refractivity contribution >= 4 is 46.8 Å². The first-order valence-corrected chi connectivity index (χ1v) is 10.1. The molecule has 2 aromatic rings. The molecule has 0 radical (unpaired) electrons. The van der Waals surface area contributed by atoms with Crippen LogP contribution in [0.1, 0.15) is 30.8 Å². The fraction of sp³-hybridized carbons (Fsp3) is 0.318. The number of nitrogens with one attached hydrogen (secondary N) is 1. The molecule has 0 saturated heterocycles. The normalized spacial score (nSPS) is 11.3. The summed E-state index contributed by atoms with van der Waals surface area (Å²) in [5.74, 6) is -1.02. The van der Waals surface area contributed by atoms with Crippen molar-refractivity contribution in [3.05, 3.63) is 56.8 Å². The largest absolute Gasteiger partial charge is 0.451 e. The van der Waals surface area contributed by atoms with Crippen molar-refractivity contribution < 1.29 is 14.3 Å². The molecule has 0 aliphatic carbocycles. The lowest BCUT2D eigenvalue weighted by Crippen LogP contribution is -2.21. The molecule has 1 N–H and O–H groups in total. The summed E-state index contributed by atoms with van der Waals surface area (Å²) in [6, 6.07) is 8.54. The van der Waals surface area contributed by atoms with Gasteiger partial charge in [-0.05, 0) is 49.6 Å². The van der Waals surface area contributed by atoms with E-state index in [1.165, 1.54) is 6.08 Å². The van der Waals surface area contributed by atoms with Gasteiger partial charge in [-0.25, -0.2) is 4.79 Å². The molecule has 2 rings (SSSR count). The van der Waals surface area contributed by atoms with Gasteiger partial charge in [0.2, 0.25) is 0 Å². The molecule has 1 heterocycles. The zero-order valence-corrected chi connectivity index (χ0v) is 18.8. The zero-order valence-electron chi connectivity index (χ0n) is 17.3. The van der Waals surface area contributed by atoms with Gasteiger partial charge in [0.15, 0.2) is 6.61 Å².